The summed E-state index contributed by atoms with van der Waals surface area (Å²) < 4.78 is 25.4. The average Bonchev–Trinajstić information content (AvgIpc) is 1.85. The second-order valence-electron chi connectivity index (χ2n) is 3.11. The van der Waals surface area contributed by atoms with Gasteiger partial charge in [-0.25, -0.2) is 8.78 Å². The molecule has 0 spiro atoms. The van der Waals surface area contributed by atoms with E-state index in [9.17, 15) is 8.78 Å². The van der Waals surface area contributed by atoms with Gasteiger partial charge in [0.05, 0.1) is 0 Å². The lowest BCUT2D eigenvalue weighted by Crippen LogP contribution is -2.12. The van der Waals surface area contributed by atoms with Gasteiger partial charge in [-0.15, -0.1) is 0 Å². The Morgan fingerprint density at radius 3 is 2.55 bits per heavy atom. The van der Waals surface area contributed by atoms with E-state index >= 15 is 0 Å². The van der Waals surface area contributed by atoms with E-state index in [4.69, 9.17) is 0 Å². The van der Waals surface area contributed by atoms with Crippen LogP contribution in [0.15, 0.2) is 23.6 Å². The first kappa shape index (κ1) is 8.44. The van der Waals surface area contributed by atoms with Crippen molar-refractivity contribution in [2.24, 2.45) is 5.92 Å². The molecule has 0 aromatic rings. The van der Waals surface area contributed by atoms with E-state index in [0.717, 1.165) is 0 Å². The second-order valence-corrected chi connectivity index (χ2v) is 3.11. The molecule has 1 atom stereocenters. The van der Waals surface area contributed by atoms with Crippen molar-refractivity contribution in [1.82, 2.24) is 0 Å². The van der Waals surface area contributed by atoms with E-state index in [2.05, 4.69) is 0 Å². The van der Waals surface area contributed by atoms with Crippen LogP contribution in [0.25, 0.3) is 0 Å². The molecule has 1 unspecified atom stereocenters. The lowest BCUT2D eigenvalue weighted by atomic mass is 9.93. The smallest absolute Gasteiger partial charge is 0.128 e. The Labute approximate surface area is 65.6 Å². The molecule has 0 aliphatic heterocycles. The summed E-state index contributed by atoms with van der Waals surface area (Å²) in [5.41, 5.74) is 0.700. The number of hydrogen-bond donors (Lipinski definition) is 0. The van der Waals surface area contributed by atoms with Crippen LogP contribution >= 0.6 is 0 Å². The Balaban J connectivity index is 2.78. The monoisotopic (exact) mass is 158 g/mol. The molecule has 0 nitrogen and oxygen atoms in total. The number of hydrogen-bond acceptors (Lipinski definition) is 0. The molecule has 1 aliphatic carbocycles. The molecule has 0 fully saturated rings. The van der Waals surface area contributed by atoms with Gasteiger partial charge < -0.3 is 0 Å². The highest BCUT2D eigenvalue weighted by atomic mass is 19.1. The van der Waals surface area contributed by atoms with Crippen molar-refractivity contribution in [2.45, 2.75) is 26.4 Å². The van der Waals surface area contributed by atoms with Gasteiger partial charge in [0.1, 0.15) is 12.0 Å². The molecule has 0 amide bonds. The fraction of sp³-hybridized carbons (Fsp3) is 0.556. The van der Waals surface area contributed by atoms with Gasteiger partial charge in [0.25, 0.3) is 0 Å². The summed E-state index contributed by atoms with van der Waals surface area (Å²) in [6, 6.07) is 0. The summed E-state index contributed by atoms with van der Waals surface area (Å²) in [4.78, 5) is 0. The maximum absolute atomic E-state index is 13.0. The molecule has 2 heteroatoms. The Hall–Kier alpha value is -0.660. The Kier molecular flexibility index (Phi) is 2.42. The van der Waals surface area contributed by atoms with Crippen molar-refractivity contribution in [3.63, 3.8) is 0 Å². The summed E-state index contributed by atoms with van der Waals surface area (Å²) in [5.74, 6) is -0.184. The minimum atomic E-state index is -1.11. The molecule has 1 aliphatic rings. The van der Waals surface area contributed by atoms with Crippen LogP contribution in [0.2, 0.25) is 0 Å². The first-order valence-corrected chi connectivity index (χ1v) is 3.81. The molecule has 0 N–H and O–H groups in total. The van der Waals surface area contributed by atoms with Gasteiger partial charge in [-0.1, -0.05) is 19.9 Å². The first-order chi connectivity index (χ1) is 5.11. The van der Waals surface area contributed by atoms with E-state index in [0.29, 0.717) is 5.57 Å². The van der Waals surface area contributed by atoms with Gasteiger partial charge in [0, 0.05) is 6.42 Å². The Morgan fingerprint density at radius 2 is 2.09 bits per heavy atom. The van der Waals surface area contributed by atoms with Crippen LogP contribution in [0, 0.1) is 5.92 Å². The van der Waals surface area contributed by atoms with Gasteiger partial charge in [-0.2, -0.15) is 0 Å². The second kappa shape index (κ2) is 3.16. The minimum Gasteiger partial charge on any atom is -0.242 e. The van der Waals surface area contributed by atoms with Gasteiger partial charge in [0.2, 0.25) is 0 Å². The summed E-state index contributed by atoms with van der Waals surface area (Å²) >= 11 is 0. The van der Waals surface area contributed by atoms with Crippen molar-refractivity contribution >= 4 is 0 Å². The molecule has 0 radical (unpaired) electrons. The summed E-state index contributed by atoms with van der Waals surface area (Å²) in [6.07, 6.45) is 1.71. The van der Waals surface area contributed by atoms with Crippen molar-refractivity contribution in [1.29, 1.82) is 0 Å². The standard InChI is InChI=1S/C9H12F2/c1-6(2)8-4-3-7(10)5-9(8)11/h3-4,6,9H,5H2,1-2H3. The molecule has 11 heavy (non-hydrogen) atoms. The van der Waals surface area contributed by atoms with Crippen molar-refractivity contribution < 1.29 is 8.78 Å². The van der Waals surface area contributed by atoms with E-state index in [1.165, 1.54) is 6.08 Å². The van der Waals surface area contributed by atoms with Crippen LogP contribution in [0.1, 0.15) is 20.3 Å². The van der Waals surface area contributed by atoms with Gasteiger partial charge in [0.15, 0.2) is 0 Å². The van der Waals surface area contributed by atoms with Crippen LogP contribution in [0.4, 0.5) is 8.78 Å². The number of halogens is 2. The predicted octanol–water partition coefficient (Wildman–Crippen LogP) is 3.16. The van der Waals surface area contributed by atoms with Crippen LogP contribution < -0.4 is 0 Å². The average molecular weight is 158 g/mol. The zero-order valence-electron chi connectivity index (χ0n) is 6.77. The molecular formula is C9H12F2. The maximum Gasteiger partial charge on any atom is 0.128 e. The topological polar surface area (TPSA) is 0 Å². The quantitative estimate of drug-likeness (QED) is 0.549. The van der Waals surface area contributed by atoms with Crippen LogP contribution in [0.3, 0.4) is 0 Å². The zero-order valence-corrected chi connectivity index (χ0v) is 6.77. The van der Waals surface area contributed by atoms with Crippen LogP contribution in [-0.2, 0) is 0 Å². The zero-order chi connectivity index (χ0) is 8.43. The fourth-order valence-electron chi connectivity index (χ4n) is 1.20. The third kappa shape index (κ3) is 1.88. The highest BCUT2D eigenvalue weighted by Crippen LogP contribution is 2.27. The highest BCUT2D eigenvalue weighted by Gasteiger charge is 2.20. The lowest BCUT2D eigenvalue weighted by Gasteiger charge is -2.18. The number of alkyl halides is 1. The molecule has 0 saturated carbocycles. The van der Waals surface area contributed by atoms with Crippen LogP contribution in [-0.4, -0.2) is 6.17 Å². The Bertz CT molecular complexity index is 202. The van der Waals surface area contributed by atoms with E-state index < -0.39 is 6.17 Å². The van der Waals surface area contributed by atoms with E-state index in [1.807, 2.05) is 13.8 Å². The molecule has 62 valence electrons. The normalized spacial score (nSPS) is 25.0. The highest BCUT2D eigenvalue weighted by molar-refractivity contribution is 5.25. The molecular weight excluding hydrogens is 146 g/mol. The molecule has 1 rings (SSSR count). The lowest BCUT2D eigenvalue weighted by molar-refractivity contribution is 0.333. The van der Waals surface area contributed by atoms with Gasteiger partial charge in [-0.05, 0) is 17.6 Å². The first-order valence-electron chi connectivity index (χ1n) is 3.81. The van der Waals surface area contributed by atoms with E-state index in [1.54, 1.807) is 6.08 Å². The number of allylic oxidation sites excluding steroid dienone is 4. The summed E-state index contributed by atoms with van der Waals surface area (Å²) in [7, 11) is 0. The molecule has 0 saturated heterocycles. The van der Waals surface area contributed by atoms with Crippen molar-refractivity contribution in [3.8, 4) is 0 Å². The van der Waals surface area contributed by atoms with Crippen LogP contribution in [0.5, 0.6) is 0 Å². The summed E-state index contributed by atoms with van der Waals surface area (Å²) in [6.45, 7) is 3.82. The molecule has 0 bridgehead atoms. The fourth-order valence-corrected chi connectivity index (χ4v) is 1.20. The maximum atomic E-state index is 13.0. The minimum absolute atomic E-state index is 0.0794. The third-order valence-electron chi connectivity index (χ3n) is 1.86. The number of rotatable bonds is 1. The predicted molar refractivity (Wildman–Crippen MR) is 41.6 cm³/mol. The summed E-state index contributed by atoms with van der Waals surface area (Å²) in [5, 5.41) is 0. The SMILES string of the molecule is CC(C)C1=CC=C(F)CC1F. The molecule has 0 aromatic heterocycles. The Morgan fingerprint density at radius 1 is 1.45 bits per heavy atom. The third-order valence-corrected chi connectivity index (χ3v) is 1.86. The largest absolute Gasteiger partial charge is 0.242 e. The molecule has 0 aromatic carbocycles. The molecule has 0 heterocycles. The van der Waals surface area contributed by atoms with Gasteiger partial charge >= 0.3 is 0 Å². The van der Waals surface area contributed by atoms with Gasteiger partial charge in [-0.3, -0.25) is 0 Å². The van der Waals surface area contributed by atoms with E-state index in [-0.39, 0.29) is 18.2 Å². The van der Waals surface area contributed by atoms with Crippen molar-refractivity contribution in [2.75, 3.05) is 0 Å². The van der Waals surface area contributed by atoms with Crippen molar-refractivity contribution in [3.05, 3.63) is 23.6 Å².